The highest BCUT2D eigenvalue weighted by Gasteiger charge is 2.23. The molecule has 0 amide bonds. The molecule has 0 spiro atoms. The van der Waals surface area contributed by atoms with Gasteiger partial charge in [-0.3, -0.25) is 0 Å². The maximum absolute atomic E-state index is 5.21. The first-order valence-electron chi connectivity index (χ1n) is 12.8. The summed E-state index contributed by atoms with van der Waals surface area (Å²) in [6.45, 7) is 0. The van der Waals surface area contributed by atoms with E-state index in [1.807, 2.05) is 72.8 Å². The summed E-state index contributed by atoms with van der Waals surface area (Å²) in [6, 6.07) is 40.7. The Balaban J connectivity index is 1.59. The molecule has 2 aromatic heterocycles. The van der Waals surface area contributed by atoms with E-state index in [4.69, 9.17) is 19.9 Å². The predicted octanol–water partition coefficient (Wildman–Crippen LogP) is 9.77. The predicted molar refractivity (Wildman–Crippen MR) is 170 cm³/mol. The van der Waals surface area contributed by atoms with E-state index < -0.39 is 0 Å². The Bertz CT molecular complexity index is 1710. The summed E-state index contributed by atoms with van der Waals surface area (Å²) in [6.07, 6.45) is 0. The van der Waals surface area contributed by atoms with E-state index in [0.29, 0.717) is 0 Å². The van der Waals surface area contributed by atoms with Crippen molar-refractivity contribution < 1.29 is 0 Å². The van der Waals surface area contributed by atoms with Gasteiger partial charge in [-0.25, -0.2) is 19.9 Å². The van der Waals surface area contributed by atoms with Gasteiger partial charge in [0.05, 0.1) is 31.7 Å². The van der Waals surface area contributed by atoms with Gasteiger partial charge in [-0.05, 0) is 31.9 Å². The summed E-state index contributed by atoms with van der Waals surface area (Å²) in [5, 5.41) is 0. The molecule has 0 aliphatic carbocycles. The van der Waals surface area contributed by atoms with Crippen LogP contribution in [-0.2, 0) is 0 Å². The molecule has 0 aliphatic rings. The molecule has 0 bridgehead atoms. The Morgan fingerprint density at radius 1 is 0.300 bits per heavy atom. The maximum atomic E-state index is 5.21. The molecule has 0 atom stereocenters. The normalized spacial score (nSPS) is 11.2. The van der Waals surface area contributed by atoms with Gasteiger partial charge < -0.3 is 0 Å². The molecule has 2 heterocycles. The quantitative estimate of drug-likeness (QED) is 0.179. The number of nitrogens with zero attached hydrogens (tertiary/aromatic N) is 4. The zero-order valence-electron chi connectivity index (χ0n) is 21.1. The minimum atomic E-state index is 0.721. The second-order valence-corrected chi connectivity index (χ2v) is 10.9. The lowest BCUT2D eigenvalue weighted by Gasteiger charge is -2.16. The first-order chi connectivity index (χ1) is 19.7. The van der Waals surface area contributed by atoms with E-state index in [0.717, 1.165) is 76.0 Å². The third kappa shape index (κ3) is 4.30. The Hall–Kier alpha value is -4.26. The van der Waals surface area contributed by atoms with Crippen molar-refractivity contribution in [1.29, 1.82) is 0 Å². The van der Waals surface area contributed by atoms with Crippen LogP contribution in [0.2, 0.25) is 0 Å². The standard InChI is InChI=1S/C34H20Br2N4/c35-25-31-32(38-28(22-15-7-2-8-16-22)27(37-31)21-13-5-1-6-14-21)26(36)34-33(25)39-29(23-17-9-3-10-18-23)30(40-34)24-19-11-4-12-20-24/h1-20H. The average Bonchev–Trinajstić information content (AvgIpc) is 3.04. The highest BCUT2D eigenvalue weighted by molar-refractivity contribution is 9.11. The lowest BCUT2D eigenvalue weighted by Crippen LogP contribution is -2.01. The fraction of sp³-hybridized carbons (Fsp3) is 0. The fourth-order valence-corrected chi connectivity index (χ4v) is 6.00. The number of benzene rings is 5. The van der Waals surface area contributed by atoms with Crippen LogP contribution in [0.1, 0.15) is 0 Å². The Morgan fingerprint density at radius 3 is 0.700 bits per heavy atom. The molecule has 4 nitrogen and oxygen atoms in total. The largest absolute Gasteiger partial charge is 0.243 e. The second-order valence-electron chi connectivity index (χ2n) is 9.33. The number of rotatable bonds is 4. The van der Waals surface area contributed by atoms with Crippen LogP contribution < -0.4 is 0 Å². The molecule has 7 rings (SSSR count). The topological polar surface area (TPSA) is 51.6 Å². The van der Waals surface area contributed by atoms with Crippen molar-refractivity contribution in [2.24, 2.45) is 0 Å². The minimum absolute atomic E-state index is 0.721. The summed E-state index contributed by atoms with van der Waals surface area (Å²) >= 11 is 7.73. The Labute approximate surface area is 248 Å². The van der Waals surface area contributed by atoms with E-state index in [1.54, 1.807) is 0 Å². The Morgan fingerprint density at radius 2 is 0.500 bits per heavy atom. The molecule has 0 fully saturated rings. The highest BCUT2D eigenvalue weighted by Crippen LogP contribution is 2.42. The van der Waals surface area contributed by atoms with Gasteiger partial charge in [-0.2, -0.15) is 0 Å². The first kappa shape index (κ1) is 24.8. The van der Waals surface area contributed by atoms with E-state index in [2.05, 4.69) is 80.4 Å². The number of halogens is 2. The van der Waals surface area contributed by atoms with Crippen molar-refractivity contribution in [2.75, 3.05) is 0 Å². The number of aromatic nitrogens is 4. The van der Waals surface area contributed by atoms with Crippen molar-refractivity contribution >= 4 is 53.9 Å². The van der Waals surface area contributed by atoms with Crippen molar-refractivity contribution in [3.63, 3.8) is 0 Å². The molecule has 5 aromatic carbocycles. The number of hydrogen-bond acceptors (Lipinski definition) is 4. The van der Waals surface area contributed by atoms with E-state index >= 15 is 0 Å². The molecule has 0 N–H and O–H groups in total. The molecule has 0 radical (unpaired) electrons. The molecule has 0 unspecified atom stereocenters. The van der Waals surface area contributed by atoms with Crippen LogP contribution in [0.5, 0.6) is 0 Å². The molecular weight excluding hydrogens is 624 g/mol. The molecule has 7 aromatic rings. The van der Waals surface area contributed by atoms with Gasteiger partial charge in [-0.15, -0.1) is 0 Å². The van der Waals surface area contributed by atoms with Gasteiger partial charge in [0.2, 0.25) is 0 Å². The Kier molecular flexibility index (Phi) is 6.42. The fourth-order valence-electron chi connectivity index (χ4n) is 4.90. The average molecular weight is 644 g/mol. The van der Waals surface area contributed by atoms with Gasteiger partial charge in [0.15, 0.2) is 0 Å². The zero-order valence-corrected chi connectivity index (χ0v) is 24.3. The highest BCUT2D eigenvalue weighted by atomic mass is 79.9. The molecule has 0 saturated carbocycles. The third-order valence-corrected chi connectivity index (χ3v) is 8.31. The maximum Gasteiger partial charge on any atom is 0.107 e. The minimum Gasteiger partial charge on any atom is -0.243 e. The third-order valence-electron chi connectivity index (χ3n) is 6.81. The summed E-state index contributed by atoms with van der Waals surface area (Å²) in [7, 11) is 0. The van der Waals surface area contributed by atoms with Gasteiger partial charge in [0.25, 0.3) is 0 Å². The smallest absolute Gasteiger partial charge is 0.107 e. The summed E-state index contributed by atoms with van der Waals surface area (Å²) in [4.78, 5) is 20.8. The lowest BCUT2D eigenvalue weighted by atomic mass is 10.0. The van der Waals surface area contributed by atoms with Gasteiger partial charge in [-0.1, -0.05) is 121 Å². The van der Waals surface area contributed by atoms with Crippen molar-refractivity contribution in [1.82, 2.24) is 19.9 Å². The zero-order chi connectivity index (χ0) is 27.1. The van der Waals surface area contributed by atoms with Crippen molar-refractivity contribution in [2.45, 2.75) is 0 Å². The second kappa shape index (κ2) is 10.4. The molecule has 40 heavy (non-hydrogen) atoms. The van der Waals surface area contributed by atoms with Crippen molar-refractivity contribution in [3.8, 4) is 45.0 Å². The van der Waals surface area contributed by atoms with Crippen LogP contribution >= 0.6 is 31.9 Å². The lowest BCUT2D eigenvalue weighted by molar-refractivity contribution is 1.25. The number of fused-ring (bicyclic) bond motifs is 2. The monoisotopic (exact) mass is 642 g/mol. The molecule has 0 aliphatic heterocycles. The van der Waals surface area contributed by atoms with Crippen LogP contribution in [0.3, 0.4) is 0 Å². The molecular formula is C34H20Br2N4. The van der Waals surface area contributed by atoms with Crippen LogP contribution in [0, 0.1) is 0 Å². The van der Waals surface area contributed by atoms with E-state index in [-0.39, 0.29) is 0 Å². The summed E-state index contributed by atoms with van der Waals surface area (Å²) in [5.41, 5.74) is 10.1. The van der Waals surface area contributed by atoms with Gasteiger partial charge in [0, 0.05) is 22.3 Å². The van der Waals surface area contributed by atoms with Crippen LogP contribution in [0.15, 0.2) is 130 Å². The van der Waals surface area contributed by atoms with Crippen molar-refractivity contribution in [3.05, 3.63) is 130 Å². The van der Waals surface area contributed by atoms with Gasteiger partial charge in [0.1, 0.15) is 22.1 Å². The van der Waals surface area contributed by atoms with Crippen LogP contribution in [0.4, 0.5) is 0 Å². The van der Waals surface area contributed by atoms with Gasteiger partial charge >= 0.3 is 0 Å². The van der Waals surface area contributed by atoms with Crippen LogP contribution in [-0.4, -0.2) is 19.9 Å². The first-order valence-corrected chi connectivity index (χ1v) is 14.4. The van der Waals surface area contributed by atoms with Crippen LogP contribution in [0.25, 0.3) is 67.1 Å². The molecule has 0 saturated heterocycles. The SMILES string of the molecule is Brc1c2nc(-c3ccccc3)c(-c3ccccc3)nc2c(Br)c2nc(-c3ccccc3)c(-c3ccccc3)nc12. The summed E-state index contributed by atoms with van der Waals surface area (Å²) < 4.78 is 1.52. The number of hydrogen-bond donors (Lipinski definition) is 0. The molecule has 190 valence electrons. The summed E-state index contributed by atoms with van der Waals surface area (Å²) in [5.74, 6) is 0. The molecule has 6 heteroatoms. The van der Waals surface area contributed by atoms with E-state index in [1.165, 1.54) is 0 Å². The van der Waals surface area contributed by atoms with E-state index in [9.17, 15) is 0 Å².